The molecule has 1 atom stereocenters. The van der Waals surface area contributed by atoms with Crippen LogP contribution in [0.3, 0.4) is 0 Å². The molecule has 0 amide bonds. The quantitative estimate of drug-likeness (QED) is 0.747. The van der Waals surface area contributed by atoms with Crippen LogP contribution in [0.2, 0.25) is 0 Å². The van der Waals surface area contributed by atoms with Crippen molar-refractivity contribution in [3.8, 4) is 5.75 Å². The van der Waals surface area contributed by atoms with Gasteiger partial charge in [-0.15, -0.1) is 0 Å². The topological polar surface area (TPSA) is 46.6 Å². The van der Waals surface area contributed by atoms with Gasteiger partial charge in [-0.05, 0) is 74.1 Å². The Labute approximate surface area is 163 Å². The normalized spacial score (nSPS) is 18.9. The van der Waals surface area contributed by atoms with Crippen LogP contribution in [0.5, 0.6) is 5.75 Å². The Morgan fingerprint density at radius 1 is 0.926 bits per heavy atom. The highest BCUT2D eigenvalue weighted by molar-refractivity contribution is 7.89. The lowest BCUT2D eigenvalue weighted by molar-refractivity contribution is 0.328. The summed E-state index contributed by atoms with van der Waals surface area (Å²) in [5.74, 6) is 0.784. The molecule has 0 spiro atoms. The maximum Gasteiger partial charge on any atom is 0.243 e. The fourth-order valence-electron chi connectivity index (χ4n) is 3.87. The molecule has 27 heavy (non-hydrogen) atoms. The minimum Gasteiger partial charge on any atom is -0.497 e. The van der Waals surface area contributed by atoms with Gasteiger partial charge in [-0.2, -0.15) is 4.31 Å². The lowest BCUT2D eigenvalue weighted by Crippen LogP contribution is -2.35. The molecule has 1 saturated heterocycles. The average Bonchev–Trinajstić information content (AvgIpc) is 2.91. The van der Waals surface area contributed by atoms with E-state index in [0.29, 0.717) is 11.4 Å². The van der Waals surface area contributed by atoms with E-state index in [1.54, 1.807) is 11.4 Å². The Hall–Kier alpha value is -1.85. The standard InChI is InChI=1S/C22H29NO3S/c1-16-14-18(3)22(15-17(16)2)27(24,25)23-13-7-5-6-8-21(23)19-9-11-20(26-4)12-10-19/h9-12,14-15,21H,5-8,13H2,1-4H3/t21-/m0/s1. The predicted molar refractivity (Wildman–Crippen MR) is 109 cm³/mol. The summed E-state index contributed by atoms with van der Waals surface area (Å²) in [5, 5.41) is 0. The number of sulfonamides is 1. The third-order valence-electron chi connectivity index (χ3n) is 5.58. The van der Waals surface area contributed by atoms with E-state index in [0.717, 1.165) is 53.7 Å². The first-order chi connectivity index (χ1) is 12.8. The maximum absolute atomic E-state index is 13.6. The predicted octanol–water partition coefficient (Wildman–Crippen LogP) is 4.93. The van der Waals surface area contributed by atoms with E-state index in [1.165, 1.54) is 0 Å². The van der Waals surface area contributed by atoms with Crippen LogP contribution in [-0.4, -0.2) is 26.4 Å². The average molecular weight is 388 g/mol. The Bertz CT molecular complexity index is 904. The number of rotatable bonds is 4. The molecule has 2 aromatic rings. The molecule has 0 N–H and O–H groups in total. The van der Waals surface area contributed by atoms with Crippen LogP contribution in [0, 0.1) is 20.8 Å². The summed E-state index contributed by atoms with van der Waals surface area (Å²) >= 11 is 0. The fourth-order valence-corrected chi connectivity index (χ4v) is 5.84. The monoisotopic (exact) mass is 387 g/mol. The SMILES string of the molecule is COc1ccc([C@@H]2CCCCCN2S(=O)(=O)c2cc(C)c(C)cc2C)cc1. The smallest absolute Gasteiger partial charge is 0.243 e. The van der Waals surface area contributed by atoms with Gasteiger partial charge in [0, 0.05) is 6.54 Å². The van der Waals surface area contributed by atoms with Gasteiger partial charge in [-0.3, -0.25) is 0 Å². The first-order valence-corrected chi connectivity index (χ1v) is 11.0. The van der Waals surface area contributed by atoms with Crippen LogP contribution >= 0.6 is 0 Å². The molecule has 4 nitrogen and oxygen atoms in total. The first kappa shape index (κ1) is 19.9. The molecule has 0 saturated carbocycles. The summed E-state index contributed by atoms with van der Waals surface area (Å²) in [4.78, 5) is 0.436. The molecule has 0 unspecified atom stereocenters. The van der Waals surface area contributed by atoms with Gasteiger partial charge in [-0.1, -0.05) is 31.0 Å². The van der Waals surface area contributed by atoms with Crippen molar-refractivity contribution in [1.29, 1.82) is 0 Å². The van der Waals surface area contributed by atoms with E-state index in [1.807, 2.05) is 57.2 Å². The van der Waals surface area contributed by atoms with Crippen LogP contribution in [0.1, 0.15) is 54.0 Å². The first-order valence-electron chi connectivity index (χ1n) is 9.58. The number of ether oxygens (including phenoxy) is 1. The maximum atomic E-state index is 13.6. The second-order valence-corrected chi connectivity index (χ2v) is 9.31. The molecule has 3 rings (SSSR count). The molecule has 0 aromatic heterocycles. The minimum atomic E-state index is -3.57. The Kier molecular flexibility index (Phi) is 5.92. The zero-order valence-electron chi connectivity index (χ0n) is 16.7. The van der Waals surface area contributed by atoms with Crippen LogP contribution in [-0.2, 0) is 10.0 Å². The summed E-state index contributed by atoms with van der Waals surface area (Å²) in [7, 11) is -1.93. The molecular weight excluding hydrogens is 358 g/mol. The summed E-state index contributed by atoms with van der Waals surface area (Å²) in [5.41, 5.74) is 3.97. The molecule has 5 heteroatoms. The summed E-state index contributed by atoms with van der Waals surface area (Å²) in [6.45, 7) is 6.44. The van der Waals surface area contributed by atoms with Gasteiger partial charge in [-0.25, -0.2) is 8.42 Å². The van der Waals surface area contributed by atoms with Crippen LogP contribution in [0.25, 0.3) is 0 Å². The van der Waals surface area contributed by atoms with Crippen LogP contribution in [0.4, 0.5) is 0 Å². The third kappa shape index (κ3) is 4.04. The van der Waals surface area contributed by atoms with Gasteiger partial charge in [0.1, 0.15) is 5.75 Å². The molecule has 146 valence electrons. The van der Waals surface area contributed by atoms with E-state index in [9.17, 15) is 8.42 Å². The Balaban J connectivity index is 2.05. The van der Waals surface area contributed by atoms with Gasteiger partial charge in [0.2, 0.25) is 10.0 Å². The third-order valence-corrected chi connectivity index (χ3v) is 7.63. The Morgan fingerprint density at radius 3 is 2.26 bits per heavy atom. The van der Waals surface area contributed by atoms with E-state index in [-0.39, 0.29) is 6.04 Å². The number of nitrogens with zero attached hydrogens (tertiary/aromatic N) is 1. The number of aryl methyl sites for hydroxylation is 3. The highest BCUT2D eigenvalue weighted by atomic mass is 32.2. The number of benzene rings is 2. The van der Waals surface area contributed by atoms with Crippen LogP contribution in [0.15, 0.2) is 41.3 Å². The lowest BCUT2D eigenvalue weighted by Gasteiger charge is -2.30. The van der Waals surface area contributed by atoms with Crippen molar-refractivity contribution in [2.24, 2.45) is 0 Å². The van der Waals surface area contributed by atoms with Gasteiger partial charge >= 0.3 is 0 Å². The van der Waals surface area contributed by atoms with Crippen molar-refractivity contribution in [2.45, 2.75) is 57.4 Å². The fraction of sp³-hybridized carbons (Fsp3) is 0.455. The highest BCUT2D eigenvalue weighted by Crippen LogP contribution is 2.36. The molecule has 1 fully saturated rings. The van der Waals surface area contributed by atoms with Crippen molar-refractivity contribution < 1.29 is 13.2 Å². The zero-order valence-corrected chi connectivity index (χ0v) is 17.5. The van der Waals surface area contributed by atoms with E-state index in [2.05, 4.69) is 0 Å². The molecule has 0 radical (unpaired) electrons. The molecule has 0 bridgehead atoms. The lowest BCUT2D eigenvalue weighted by atomic mass is 10.0. The number of methoxy groups -OCH3 is 1. The van der Waals surface area contributed by atoms with E-state index in [4.69, 9.17) is 4.74 Å². The van der Waals surface area contributed by atoms with E-state index >= 15 is 0 Å². The molecular formula is C22H29NO3S. The van der Waals surface area contributed by atoms with Crippen LogP contribution < -0.4 is 4.74 Å². The van der Waals surface area contributed by atoms with E-state index < -0.39 is 10.0 Å². The van der Waals surface area contributed by atoms with Crippen molar-refractivity contribution >= 4 is 10.0 Å². The number of hydrogen-bond donors (Lipinski definition) is 0. The molecule has 2 aromatic carbocycles. The summed E-state index contributed by atoms with van der Waals surface area (Å²) in [6, 6.07) is 11.5. The largest absolute Gasteiger partial charge is 0.497 e. The van der Waals surface area contributed by atoms with Gasteiger partial charge in [0.15, 0.2) is 0 Å². The van der Waals surface area contributed by atoms with Crippen molar-refractivity contribution in [3.05, 3.63) is 58.7 Å². The number of hydrogen-bond acceptors (Lipinski definition) is 3. The van der Waals surface area contributed by atoms with Crippen molar-refractivity contribution in [2.75, 3.05) is 13.7 Å². The van der Waals surface area contributed by atoms with Gasteiger partial charge in [0.25, 0.3) is 0 Å². The zero-order chi connectivity index (χ0) is 19.6. The Morgan fingerprint density at radius 2 is 1.59 bits per heavy atom. The van der Waals surface area contributed by atoms with Gasteiger partial charge in [0.05, 0.1) is 18.0 Å². The molecule has 0 aliphatic carbocycles. The molecule has 1 aliphatic heterocycles. The second-order valence-electron chi connectivity index (χ2n) is 7.46. The molecule has 1 aliphatic rings. The summed E-state index contributed by atoms with van der Waals surface area (Å²) < 4.78 is 34.2. The molecule has 1 heterocycles. The van der Waals surface area contributed by atoms with Crippen molar-refractivity contribution in [1.82, 2.24) is 4.31 Å². The minimum absolute atomic E-state index is 0.135. The second kappa shape index (κ2) is 8.03. The van der Waals surface area contributed by atoms with Crippen molar-refractivity contribution in [3.63, 3.8) is 0 Å². The van der Waals surface area contributed by atoms with Gasteiger partial charge < -0.3 is 4.74 Å². The highest BCUT2D eigenvalue weighted by Gasteiger charge is 2.34. The summed E-state index contributed by atoms with van der Waals surface area (Å²) in [6.07, 6.45) is 3.84.